The van der Waals surface area contributed by atoms with Crippen LogP contribution in [-0.4, -0.2) is 16.7 Å². The van der Waals surface area contributed by atoms with E-state index in [2.05, 4.69) is 15.1 Å². The molecule has 0 aliphatic heterocycles. The fourth-order valence-electron chi connectivity index (χ4n) is 3.06. The second-order valence-corrected chi connectivity index (χ2v) is 6.86. The molecule has 4 nitrogen and oxygen atoms in total. The molecule has 0 saturated carbocycles. The van der Waals surface area contributed by atoms with Crippen LogP contribution in [0.15, 0.2) is 65.8 Å². The van der Waals surface area contributed by atoms with Crippen LogP contribution >= 0.6 is 11.6 Å². The third-order valence-electron chi connectivity index (χ3n) is 4.41. The SMILES string of the molecule is Cc1cc(/C=N\NC(=O)CCc2ccccc2)c(C)n1-c1cccc(Cl)c1. The number of hydrazone groups is 1. The minimum absolute atomic E-state index is 0.0984. The zero-order valence-corrected chi connectivity index (χ0v) is 16.2. The van der Waals surface area contributed by atoms with Crippen LogP contribution in [0.25, 0.3) is 5.69 Å². The van der Waals surface area contributed by atoms with Crippen molar-refractivity contribution in [2.45, 2.75) is 26.7 Å². The Kier molecular flexibility index (Phi) is 6.09. The fraction of sp³-hybridized carbons (Fsp3) is 0.182. The van der Waals surface area contributed by atoms with Gasteiger partial charge >= 0.3 is 0 Å². The number of benzene rings is 2. The summed E-state index contributed by atoms with van der Waals surface area (Å²) in [5.74, 6) is -0.0984. The number of aryl methyl sites for hydroxylation is 2. The fourth-order valence-corrected chi connectivity index (χ4v) is 3.25. The van der Waals surface area contributed by atoms with E-state index in [9.17, 15) is 4.79 Å². The van der Waals surface area contributed by atoms with Crippen LogP contribution in [0.3, 0.4) is 0 Å². The summed E-state index contributed by atoms with van der Waals surface area (Å²) in [6.45, 7) is 4.05. The Balaban J connectivity index is 1.64. The van der Waals surface area contributed by atoms with Gasteiger partial charge in [0.15, 0.2) is 0 Å². The zero-order valence-electron chi connectivity index (χ0n) is 15.4. The van der Waals surface area contributed by atoms with Crippen LogP contribution in [0, 0.1) is 13.8 Å². The van der Waals surface area contributed by atoms with Gasteiger partial charge in [0.25, 0.3) is 0 Å². The molecular formula is C22H22ClN3O. The number of halogens is 1. The lowest BCUT2D eigenvalue weighted by molar-refractivity contribution is -0.121. The predicted molar refractivity (Wildman–Crippen MR) is 111 cm³/mol. The van der Waals surface area contributed by atoms with Crippen LogP contribution in [0.5, 0.6) is 0 Å². The number of nitrogens with one attached hydrogen (secondary N) is 1. The summed E-state index contributed by atoms with van der Waals surface area (Å²) in [7, 11) is 0. The lowest BCUT2D eigenvalue weighted by atomic mass is 10.1. The highest BCUT2D eigenvalue weighted by atomic mass is 35.5. The van der Waals surface area contributed by atoms with Gasteiger partial charge in [0.1, 0.15) is 0 Å². The van der Waals surface area contributed by atoms with Crippen molar-refractivity contribution >= 4 is 23.7 Å². The van der Waals surface area contributed by atoms with E-state index in [4.69, 9.17) is 11.6 Å². The lowest BCUT2D eigenvalue weighted by Gasteiger charge is -2.09. The number of aromatic nitrogens is 1. The number of nitrogens with zero attached hydrogens (tertiary/aromatic N) is 2. The van der Waals surface area contributed by atoms with E-state index in [0.29, 0.717) is 17.9 Å². The minimum atomic E-state index is -0.0984. The summed E-state index contributed by atoms with van der Waals surface area (Å²) < 4.78 is 2.12. The smallest absolute Gasteiger partial charge is 0.240 e. The molecule has 0 unspecified atom stereocenters. The molecule has 27 heavy (non-hydrogen) atoms. The van der Waals surface area contributed by atoms with Crippen LogP contribution in [0.4, 0.5) is 0 Å². The highest BCUT2D eigenvalue weighted by Gasteiger charge is 2.10. The summed E-state index contributed by atoms with van der Waals surface area (Å²) in [6, 6.07) is 19.7. The topological polar surface area (TPSA) is 46.4 Å². The first-order valence-electron chi connectivity index (χ1n) is 8.85. The van der Waals surface area contributed by atoms with Crippen molar-refractivity contribution in [2.75, 3.05) is 0 Å². The van der Waals surface area contributed by atoms with Gasteiger partial charge in [-0.2, -0.15) is 5.10 Å². The van der Waals surface area contributed by atoms with E-state index >= 15 is 0 Å². The first kappa shape index (κ1) is 18.9. The third kappa shape index (κ3) is 4.86. The average molecular weight is 380 g/mol. The Hall–Kier alpha value is -2.85. The van der Waals surface area contributed by atoms with Crippen molar-refractivity contribution in [1.29, 1.82) is 0 Å². The Morgan fingerprint density at radius 3 is 2.63 bits per heavy atom. The van der Waals surface area contributed by atoms with Gasteiger partial charge in [-0.25, -0.2) is 5.43 Å². The van der Waals surface area contributed by atoms with Crippen LogP contribution in [0.1, 0.15) is 28.9 Å². The molecule has 3 aromatic rings. The van der Waals surface area contributed by atoms with Gasteiger partial charge in [0, 0.05) is 34.1 Å². The molecular weight excluding hydrogens is 358 g/mol. The van der Waals surface area contributed by atoms with Crippen LogP contribution in [0.2, 0.25) is 5.02 Å². The van der Waals surface area contributed by atoms with E-state index < -0.39 is 0 Å². The molecule has 0 aliphatic rings. The molecule has 0 radical (unpaired) electrons. The molecule has 3 rings (SSSR count). The molecule has 0 atom stereocenters. The Morgan fingerprint density at radius 2 is 1.89 bits per heavy atom. The number of carbonyl (C=O) groups is 1. The van der Waals surface area contributed by atoms with Crippen molar-refractivity contribution in [2.24, 2.45) is 5.10 Å². The van der Waals surface area contributed by atoms with E-state index in [1.807, 2.05) is 74.5 Å². The molecule has 1 heterocycles. The molecule has 1 amide bonds. The van der Waals surface area contributed by atoms with Gasteiger partial charge in [-0.15, -0.1) is 0 Å². The van der Waals surface area contributed by atoms with Gasteiger partial charge in [-0.1, -0.05) is 48.0 Å². The van der Waals surface area contributed by atoms with Gasteiger partial charge in [-0.05, 0) is 50.1 Å². The zero-order chi connectivity index (χ0) is 19.2. The summed E-state index contributed by atoms with van der Waals surface area (Å²) >= 11 is 6.11. The number of amides is 1. The third-order valence-corrected chi connectivity index (χ3v) is 4.65. The number of hydrogen-bond donors (Lipinski definition) is 1. The molecule has 5 heteroatoms. The largest absolute Gasteiger partial charge is 0.318 e. The Morgan fingerprint density at radius 1 is 1.11 bits per heavy atom. The highest BCUT2D eigenvalue weighted by Crippen LogP contribution is 2.22. The number of hydrogen-bond acceptors (Lipinski definition) is 2. The maximum atomic E-state index is 12.0. The van der Waals surface area contributed by atoms with Crippen molar-refractivity contribution in [3.05, 3.63) is 88.2 Å². The van der Waals surface area contributed by atoms with Crippen LogP contribution in [-0.2, 0) is 11.2 Å². The molecule has 138 valence electrons. The Labute approximate surface area is 164 Å². The van der Waals surface area contributed by atoms with E-state index in [-0.39, 0.29) is 5.91 Å². The Bertz CT molecular complexity index is 961. The standard InChI is InChI=1S/C22H22ClN3O/c1-16-13-19(17(2)26(16)21-10-6-9-20(23)14-21)15-24-25-22(27)12-11-18-7-4-3-5-8-18/h3-10,13-15H,11-12H2,1-2H3,(H,25,27)/b24-15-. The summed E-state index contributed by atoms with van der Waals surface area (Å²) in [5, 5.41) is 4.81. The van der Waals surface area contributed by atoms with E-state index in [0.717, 1.165) is 28.2 Å². The molecule has 1 N–H and O–H groups in total. The first-order chi connectivity index (χ1) is 13.0. The summed E-state index contributed by atoms with van der Waals surface area (Å²) in [6.07, 6.45) is 2.79. The second kappa shape index (κ2) is 8.69. The molecule has 2 aromatic carbocycles. The normalized spacial score (nSPS) is 11.1. The van der Waals surface area contributed by atoms with Crippen LogP contribution < -0.4 is 5.43 Å². The lowest BCUT2D eigenvalue weighted by Crippen LogP contribution is -2.17. The molecule has 1 aromatic heterocycles. The monoisotopic (exact) mass is 379 g/mol. The maximum absolute atomic E-state index is 12.0. The van der Waals surface area contributed by atoms with Gasteiger partial charge in [0.2, 0.25) is 5.91 Å². The van der Waals surface area contributed by atoms with Crippen molar-refractivity contribution in [3.8, 4) is 5.69 Å². The second-order valence-electron chi connectivity index (χ2n) is 6.42. The molecule has 0 bridgehead atoms. The number of rotatable bonds is 6. The first-order valence-corrected chi connectivity index (χ1v) is 9.23. The van der Waals surface area contributed by atoms with Crippen molar-refractivity contribution < 1.29 is 4.79 Å². The number of carbonyl (C=O) groups excluding carboxylic acids is 1. The quantitative estimate of drug-likeness (QED) is 0.484. The van der Waals surface area contributed by atoms with Gasteiger partial charge in [0.05, 0.1) is 6.21 Å². The van der Waals surface area contributed by atoms with Gasteiger partial charge in [-0.3, -0.25) is 4.79 Å². The van der Waals surface area contributed by atoms with E-state index in [1.165, 1.54) is 0 Å². The van der Waals surface area contributed by atoms with Crippen molar-refractivity contribution in [3.63, 3.8) is 0 Å². The predicted octanol–water partition coefficient (Wildman–Crippen LogP) is 4.83. The molecule has 0 fully saturated rings. The van der Waals surface area contributed by atoms with E-state index in [1.54, 1.807) is 6.21 Å². The summed E-state index contributed by atoms with van der Waals surface area (Å²) in [4.78, 5) is 12.0. The summed E-state index contributed by atoms with van der Waals surface area (Å²) in [5.41, 5.74) is 7.82. The molecule has 0 saturated heterocycles. The van der Waals surface area contributed by atoms with Crippen molar-refractivity contribution in [1.82, 2.24) is 9.99 Å². The molecule has 0 aliphatic carbocycles. The van der Waals surface area contributed by atoms with Gasteiger partial charge < -0.3 is 4.57 Å². The minimum Gasteiger partial charge on any atom is -0.318 e. The average Bonchev–Trinajstić information content (AvgIpc) is 2.94. The molecule has 0 spiro atoms. The highest BCUT2D eigenvalue weighted by molar-refractivity contribution is 6.30. The maximum Gasteiger partial charge on any atom is 0.240 e.